The largest absolute Gasteiger partial charge is 0.573 e. The number of benzene rings is 1. The van der Waals surface area contributed by atoms with Gasteiger partial charge in [0.25, 0.3) is 11.5 Å². The van der Waals surface area contributed by atoms with Crippen molar-refractivity contribution in [1.82, 2.24) is 9.55 Å². The summed E-state index contributed by atoms with van der Waals surface area (Å²) in [5.41, 5.74) is -0.0124. The molecule has 26 heavy (non-hydrogen) atoms. The lowest BCUT2D eigenvalue weighted by Gasteiger charge is -2.13. The second-order valence-corrected chi connectivity index (χ2v) is 6.39. The Kier molecular flexibility index (Phi) is 4.45. The highest BCUT2D eigenvalue weighted by Gasteiger charge is 2.32. The molecular formula is C16H12F3N3O3S. The molecule has 6 nitrogen and oxygen atoms in total. The van der Waals surface area contributed by atoms with Crippen LogP contribution in [0, 0.1) is 6.92 Å². The molecule has 136 valence electrons. The molecular weight excluding hydrogens is 371 g/mol. The summed E-state index contributed by atoms with van der Waals surface area (Å²) in [6.45, 7) is 1.59. The van der Waals surface area contributed by atoms with Gasteiger partial charge in [-0.2, -0.15) is 0 Å². The molecule has 0 saturated carbocycles. The summed E-state index contributed by atoms with van der Waals surface area (Å²) in [6, 6.07) is 5.21. The van der Waals surface area contributed by atoms with Crippen LogP contribution in [-0.4, -0.2) is 21.8 Å². The molecule has 3 rings (SSSR count). The fraction of sp³-hybridized carbons (Fsp3) is 0.188. The van der Waals surface area contributed by atoms with Gasteiger partial charge in [0.15, 0.2) is 5.75 Å². The minimum atomic E-state index is -4.88. The summed E-state index contributed by atoms with van der Waals surface area (Å²) in [7, 11) is 1.54. The lowest BCUT2D eigenvalue weighted by atomic mass is 10.2. The quantitative estimate of drug-likeness (QED) is 0.752. The standard InChI is InChI=1S/C16H12F3N3O3S/c1-8-11-14(20-7-22(2)15(11)24)26-12(8)13(23)21-9-5-3-4-6-10(9)25-16(17,18)19/h3-7H,1-2H3,(H,21,23). The van der Waals surface area contributed by atoms with E-state index in [9.17, 15) is 22.8 Å². The van der Waals surface area contributed by atoms with E-state index in [0.29, 0.717) is 15.8 Å². The number of amides is 1. The number of aromatic nitrogens is 2. The summed E-state index contributed by atoms with van der Waals surface area (Å²) in [4.78, 5) is 29.4. The van der Waals surface area contributed by atoms with Gasteiger partial charge in [-0.25, -0.2) is 4.98 Å². The Morgan fingerprint density at radius 2 is 2.00 bits per heavy atom. The molecule has 3 aromatic rings. The van der Waals surface area contributed by atoms with Crippen LogP contribution >= 0.6 is 11.3 Å². The summed E-state index contributed by atoms with van der Waals surface area (Å²) >= 11 is 0.994. The number of nitrogens with one attached hydrogen (secondary N) is 1. The van der Waals surface area contributed by atoms with Crippen LogP contribution in [0.25, 0.3) is 10.2 Å². The number of carbonyl (C=O) groups is 1. The van der Waals surface area contributed by atoms with E-state index in [1.54, 1.807) is 6.92 Å². The Bertz CT molecular complexity index is 1060. The fourth-order valence-corrected chi connectivity index (χ4v) is 3.42. The number of carbonyl (C=O) groups excluding carboxylic acids is 1. The first-order chi connectivity index (χ1) is 12.2. The van der Waals surface area contributed by atoms with Crippen LogP contribution in [0.4, 0.5) is 18.9 Å². The summed E-state index contributed by atoms with van der Waals surface area (Å²) in [6.07, 6.45) is -3.54. The summed E-state index contributed by atoms with van der Waals surface area (Å²) in [5, 5.41) is 2.71. The molecule has 2 heterocycles. The highest BCUT2D eigenvalue weighted by Crippen LogP contribution is 2.32. The van der Waals surface area contributed by atoms with Crippen molar-refractivity contribution in [2.75, 3.05) is 5.32 Å². The van der Waals surface area contributed by atoms with Gasteiger partial charge < -0.3 is 14.6 Å². The summed E-state index contributed by atoms with van der Waals surface area (Å²) in [5.74, 6) is -1.17. The first-order valence-electron chi connectivity index (χ1n) is 7.28. The second kappa shape index (κ2) is 6.45. The van der Waals surface area contributed by atoms with Crippen molar-refractivity contribution in [2.45, 2.75) is 13.3 Å². The normalized spacial score (nSPS) is 11.6. The molecule has 0 fully saturated rings. The number of ether oxygens (including phenoxy) is 1. The maximum Gasteiger partial charge on any atom is 0.573 e. The maximum atomic E-state index is 12.5. The Hall–Kier alpha value is -2.88. The van der Waals surface area contributed by atoms with Crippen LogP contribution < -0.4 is 15.6 Å². The van der Waals surface area contributed by atoms with Crippen molar-refractivity contribution in [1.29, 1.82) is 0 Å². The van der Waals surface area contributed by atoms with Crippen LogP contribution in [0.1, 0.15) is 15.2 Å². The minimum Gasteiger partial charge on any atom is -0.404 e. The predicted molar refractivity (Wildman–Crippen MR) is 90.7 cm³/mol. The van der Waals surface area contributed by atoms with Crippen molar-refractivity contribution in [3.63, 3.8) is 0 Å². The topological polar surface area (TPSA) is 73.2 Å². The van der Waals surface area contributed by atoms with Gasteiger partial charge in [-0.1, -0.05) is 12.1 Å². The maximum absolute atomic E-state index is 12.5. The van der Waals surface area contributed by atoms with Gasteiger partial charge in [-0.3, -0.25) is 9.59 Å². The zero-order valence-corrected chi connectivity index (χ0v) is 14.4. The third kappa shape index (κ3) is 3.40. The van der Waals surface area contributed by atoms with Crippen LogP contribution in [0.2, 0.25) is 0 Å². The molecule has 0 spiro atoms. The molecule has 1 N–H and O–H groups in total. The van der Waals surface area contributed by atoms with E-state index in [0.717, 1.165) is 17.4 Å². The lowest BCUT2D eigenvalue weighted by molar-refractivity contribution is -0.274. The zero-order chi connectivity index (χ0) is 19.1. The van der Waals surface area contributed by atoms with Crippen LogP contribution in [0.3, 0.4) is 0 Å². The number of rotatable bonds is 3. The van der Waals surface area contributed by atoms with E-state index in [1.165, 1.54) is 36.1 Å². The smallest absolute Gasteiger partial charge is 0.404 e. The molecule has 0 aliphatic carbocycles. The van der Waals surface area contributed by atoms with Crippen molar-refractivity contribution in [3.05, 3.63) is 51.4 Å². The third-order valence-electron chi connectivity index (χ3n) is 3.58. The van der Waals surface area contributed by atoms with Gasteiger partial charge in [0, 0.05) is 7.05 Å². The second-order valence-electron chi connectivity index (χ2n) is 5.40. The molecule has 0 saturated heterocycles. The van der Waals surface area contributed by atoms with E-state index in [1.807, 2.05) is 0 Å². The Labute approximate surface area is 148 Å². The molecule has 2 aromatic heterocycles. The van der Waals surface area contributed by atoms with E-state index in [2.05, 4.69) is 15.0 Å². The van der Waals surface area contributed by atoms with E-state index >= 15 is 0 Å². The van der Waals surface area contributed by atoms with E-state index in [-0.39, 0.29) is 16.1 Å². The average molecular weight is 383 g/mol. The van der Waals surface area contributed by atoms with Crippen LogP contribution in [-0.2, 0) is 7.05 Å². The van der Waals surface area contributed by atoms with Crippen LogP contribution in [0.5, 0.6) is 5.75 Å². The van der Waals surface area contributed by atoms with Gasteiger partial charge in [-0.15, -0.1) is 24.5 Å². The Morgan fingerprint density at radius 3 is 2.69 bits per heavy atom. The Morgan fingerprint density at radius 1 is 1.31 bits per heavy atom. The molecule has 0 bridgehead atoms. The number of thiophene rings is 1. The zero-order valence-electron chi connectivity index (χ0n) is 13.5. The number of aryl methyl sites for hydroxylation is 2. The molecule has 0 aliphatic rings. The lowest BCUT2D eigenvalue weighted by Crippen LogP contribution is -2.19. The molecule has 10 heteroatoms. The number of fused-ring (bicyclic) bond motifs is 1. The highest BCUT2D eigenvalue weighted by atomic mass is 32.1. The van der Waals surface area contributed by atoms with Gasteiger partial charge in [0.05, 0.1) is 22.3 Å². The number of para-hydroxylation sites is 2. The van der Waals surface area contributed by atoms with Gasteiger partial charge in [0.1, 0.15) is 4.83 Å². The first-order valence-corrected chi connectivity index (χ1v) is 8.10. The molecule has 0 unspecified atom stereocenters. The van der Waals surface area contributed by atoms with Crippen molar-refractivity contribution >= 4 is 33.1 Å². The van der Waals surface area contributed by atoms with Gasteiger partial charge in [0.2, 0.25) is 0 Å². The number of nitrogens with zero attached hydrogens (tertiary/aromatic N) is 2. The van der Waals surface area contributed by atoms with Crippen molar-refractivity contribution in [3.8, 4) is 5.75 Å². The highest BCUT2D eigenvalue weighted by molar-refractivity contribution is 7.20. The van der Waals surface area contributed by atoms with Crippen molar-refractivity contribution in [2.24, 2.45) is 7.05 Å². The van der Waals surface area contributed by atoms with Gasteiger partial charge >= 0.3 is 6.36 Å². The van der Waals surface area contributed by atoms with Crippen molar-refractivity contribution < 1.29 is 22.7 Å². The van der Waals surface area contributed by atoms with E-state index in [4.69, 9.17) is 0 Å². The number of hydrogen-bond acceptors (Lipinski definition) is 5. The fourth-order valence-electron chi connectivity index (χ4n) is 2.39. The van der Waals surface area contributed by atoms with E-state index < -0.39 is 18.0 Å². The molecule has 1 amide bonds. The van der Waals surface area contributed by atoms with Crippen LogP contribution in [0.15, 0.2) is 35.4 Å². The average Bonchev–Trinajstić information content (AvgIpc) is 2.89. The Balaban J connectivity index is 1.97. The SMILES string of the molecule is Cc1c(C(=O)Nc2ccccc2OC(F)(F)F)sc2ncn(C)c(=O)c12. The summed E-state index contributed by atoms with van der Waals surface area (Å²) < 4.78 is 42.7. The molecule has 1 aromatic carbocycles. The molecule has 0 aliphatic heterocycles. The first kappa shape index (κ1) is 17.9. The van der Waals surface area contributed by atoms with Gasteiger partial charge in [-0.05, 0) is 24.6 Å². The monoisotopic (exact) mass is 383 g/mol. The predicted octanol–water partition coefficient (Wildman–Crippen LogP) is 3.45. The number of halogens is 3. The molecule has 0 atom stereocenters. The molecule has 0 radical (unpaired) electrons. The number of hydrogen-bond donors (Lipinski definition) is 1. The minimum absolute atomic E-state index is 0.132. The number of anilines is 1. The number of alkyl halides is 3. The third-order valence-corrected chi connectivity index (χ3v) is 4.78.